The maximum atomic E-state index is 12.8. The van der Waals surface area contributed by atoms with Gasteiger partial charge in [0, 0.05) is 23.8 Å². The van der Waals surface area contributed by atoms with Gasteiger partial charge in [0.25, 0.3) is 0 Å². The lowest BCUT2D eigenvalue weighted by Gasteiger charge is -2.28. The first-order valence-electron chi connectivity index (χ1n) is 7.74. The Labute approximate surface area is 138 Å². The number of carboxylic acid groups (broad SMARTS) is 1. The molecule has 0 aliphatic carbocycles. The van der Waals surface area contributed by atoms with Crippen LogP contribution in [0.2, 0.25) is 0 Å². The predicted molar refractivity (Wildman–Crippen MR) is 79.8 cm³/mol. The molecule has 7 nitrogen and oxygen atoms in total. The Hall–Kier alpha value is -2.03. The average molecular weight is 345 g/mol. The predicted octanol–water partition coefficient (Wildman–Crippen LogP) is 1.43. The second-order valence-corrected chi connectivity index (χ2v) is 5.91. The smallest absolute Gasteiger partial charge is 0.333 e. The Bertz CT molecular complexity index is 612. The highest BCUT2D eigenvalue weighted by atomic mass is 19.3. The summed E-state index contributed by atoms with van der Waals surface area (Å²) in [6.45, 7) is 1.07. The normalized spacial score (nSPS) is 19.3. The van der Waals surface area contributed by atoms with Crippen LogP contribution >= 0.6 is 0 Å². The van der Waals surface area contributed by atoms with Crippen molar-refractivity contribution in [2.75, 3.05) is 13.2 Å². The number of halogens is 2. The van der Waals surface area contributed by atoms with Gasteiger partial charge in [-0.15, -0.1) is 0 Å². The van der Waals surface area contributed by atoms with Crippen LogP contribution < -0.4 is 5.32 Å². The molecule has 2 heterocycles. The number of carbonyl (C=O) groups is 2. The number of ether oxygens (including phenoxy) is 1. The highest BCUT2D eigenvalue weighted by Gasteiger charge is 2.31. The van der Waals surface area contributed by atoms with Crippen LogP contribution in [-0.4, -0.2) is 46.0 Å². The van der Waals surface area contributed by atoms with Gasteiger partial charge in [-0.2, -0.15) is 13.9 Å². The lowest BCUT2D eigenvalue weighted by molar-refractivity contribution is -0.145. The maximum absolute atomic E-state index is 12.8. The van der Waals surface area contributed by atoms with Crippen molar-refractivity contribution in [3.63, 3.8) is 0 Å². The quantitative estimate of drug-likeness (QED) is 0.814. The molecule has 1 aromatic rings. The molecule has 1 fully saturated rings. The van der Waals surface area contributed by atoms with Crippen molar-refractivity contribution in [2.45, 2.75) is 45.7 Å². The van der Waals surface area contributed by atoms with Crippen molar-refractivity contribution in [1.29, 1.82) is 0 Å². The fourth-order valence-corrected chi connectivity index (χ4v) is 2.94. The van der Waals surface area contributed by atoms with E-state index in [4.69, 9.17) is 4.74 Å². The molecule has 0 aromatic carbocycles. The van der Waals surface area contributed by atoms with Gasteiger partial charge in [0.1, 0.15) is 6.04 Å². The van der Waals surface area contributed by atoms with E-state index in [2.05, 4.69) is 10.4 Å². The maximum Gasteiger partial charge on any atom is 0.333 e. The molecule has 2 N–H and O–H groups in total. The number of nitrogens with zero attached hydrogens (tertiary/aromatic N) is 2. The third kappa shape index (κ3) is 4.08. The number of amides is 1. The van der Waals surface area contributed by atoms with Crippen LogP contribution in [0, 0.1) is 19.8 Å². The minimum atomic E-state index is -2.79. The Morgan fingerprint density at radius 3 is 2.67 bits per heavy atom. The Morgan fingerprint density at radius 1 is 1.46 bits per heavy atom. The minimum Gasteiger partial charge on any atom is -0.480 e. The van der Waals surface area contributed by atoms with Gasteiger partial charge in [0.2, 0.25) is 5.91 Å². The topological polar surface area (TPSA) is 93.5 Å². The number of hydrogen-bond acceptors (Lipinski definition) is 4. The van der Waals surface area contributed by atoms with Crippen molar-refractivity contribution in [1.82, 2.24) is 15.1 Å². The van der Waals surface area contributed by atoms with Crippen LogP contribution in [0.5, 0.6) is 0 Å². The number of aromatic nitrogens is 2. The molecular formula is C15H21F2N3O4. The molecule has 0 spiro atoms. The molecule has 2 unspecified atom stereocenters. The van der Waals surface area contributed by atoms with Gasteiger partial charge in [-0.05, 0) is 26.7 Å². The molecule has 0 bridgehead atoms. The third-order valence-corrected chi connectivity index (χ3v) is 4.25. The third-order valence-electron chi connectivity index (χ3n) is 4.25. The van der Waals surface area contributed by atoms with E-state index in [0.717, 1.165) is 6.42 Å². The van der Waals surface area contributed by atoms with Crippen LogP contribution in [0.15, 0.2) is 0 Å². The summed E-state index contributed by atoms with van der Waals surface area (Å²) < 4.78 is 31.5. The second kappa shape index (κ2) is 7.69. The number of aryl methyl sites for hydroxylation is 1. The molecule has 24 heavy (non-hydrogen) atoms. The number of nitrogens with one attached hydrogen (secondary N) is 1. The van der Waals surface area contributed by atoms with Gasteiger partial charge in [-0.3, -0.25) is 4.79 Å². The summed E-state index contributed by atoms with van der Waals surface area (Å²) in [4.78, 5) is 23.6. The van der Waals surface area contributed by atoms with E-state index >= 15 is 0 Å². The molecule has 1 aromatic heterocycles. The van der Waals surface area contributed by atoms with Crippen LogP contribution in [0.1, 0.15) is 36.3 Å². The van der Waals surface area contributed by atoms with E-state index in [1.807, 2.05) is 0 Å². The molecule has 134 valence electrons. The number of rotatable bonds is 6. The fourth-order valence-electron chi connectivity index (χ4n) is 2.94. The van der Waals surface area contributed by atoms with Crippen LogP contribution in [0.4, 0.5) is 8.78 Å². The van der Waals surface area contributed by atoms with E-state index in [-0.39, 0.29) is 24.6 Å². The molecule has 1 aliphatic heterocycles. The van der Waals surface area contributed by atoms with Crippen LogP contribution in [-0.2, 0) is 20.7 Å². The highest BCUT2D eigenvalue weighted by molar-refractivity contribution is 5.85. The number of alkyl halides is 2. The lowest BCUT2D eigenvalue weighted by Crippen LogP contribution is -2.48. The molecule has 0 saturated carbocycles. The zero-order valence-electron chi connectivity index (χ0n) is 13.6. The van der Waals surface area contributed by atoms with Crippen molar-refractivity contribution < 1.29 is 28.2 Å². The molecule has 2 rings (SSSR count). The van der Waals surface area contributed by atoms with Crippen molar-refractivity contribution in [2.24, 2.45) is 5.92 Å². The van der Waals surface area contributed by atoms with Crippen molar-refractivity contribution in [3.8, 4) is 0 Å². The van der Waals surface area contributed by atoms with Gasteiger partial charge in [0.05, 0.1) is 18.7 Å². The molecular weight excluding hydrogens is 324 g/mol. The summed E-state index contributed by atoms with van der Waals surface area (Å²) in [6, 6.07) is -1.05. The number of hydrogen-bond donors (Lipinski definition) is 2. The van der Waals surface area contributed by atoms with E-state index in [1.54, 1.807) is 0 Å². The van der Waals surface area contributed by atoms with Crippen molar-refractivity contribution >= 4 is 11.9 Å². The summed E-state index contributed by atoms with van der Waals surface area (Å²) in [6.07, 6.45) is 1.20. The minimum absolute atomic E-state index is 0.193. The Kier molecular flexibility index (Phi) is 5.87. The first-order chi connectivity index (χ1) is 11.3. The lowest BCUT2D eigenvalue weighted by atomic mass is 9.93. The average Bonchev–Trinajstić information content (AvgIpc) is 2.81. The largest absolute Gasteiger partial charge is 0.480 e. The molecule has 9 heteroatoms. The fraction of sp³-hybridized carbons (Fsp3) is 0.667. The zero-order valence-corrected chi connectivity index (χ0v) is 13.6. The Morgan fingerprint density at radius 2 is 2.17 bits per heavy atom. The van der Waals surface area contributed by atoms with E-state index < -0.39 is 24.5 Å². The first-order valence-corrected chi connectivity index (χ1v) is 7.74. The number of carbonyl (C=O) groups excluding carboxylic acids is 1. The highest BCUT2D eigenvalue weighted by Crippen LogP contribution is 2.21. The summed E-state index contributed by atoms with van der Waals surface area (Å²) in [5.41, 5.74) is 0.915. The van der Waals surface area contributed by atoms with Gasteiger partial charge < -0.3 is 15.2 Å². The van der Waals surface area contributed by atoms with Gasteiger partial charge in [-0.1, -0.05) is 0 Å². The second-order valence-electron chi connectivity index (χ2n) is 5.91. The van der Waals surface area contributed by atoms with E-state index in [1.165, 1.54) is 13.8 Å². The van der Waals surface area contributed by atoms with Crippen LogP contribution in [0.3, 0.4) is 0 Å². The SMILES string of the molecule is Cc1nn(C(F)F)c(C)c1CC(=O)NC(C(=O)O)C1CCCOC1. The zero-order chi connectivity index (χ0) is 17.9. The standard InChI is InChI=1S/C15H21F2N3O4/c1-8-11(9(2)20(19-8)15(16)17)6-12(21)18-13(14(22)23)10-4-3-5-24-7-10/h10,13,15H,3-7H2,1-2H3,(H,18,21)(H,22,23). The summed E-state index contributed by atoms with van der Waals surface area (Å²) >= 11 is 0. The number of carboxylic acids is 1. The summed E-state index contributed by atoms with van der Waals surface area (Å²) in [7, 11) is 0. The van der Waals surface area contributed by atoms with Crippen LogP contribution in [0.25, 0.3) is 0 Å². The van der Waals surface area contributed by atoms with Crippen molar-refractivity contribution in [3.05, 3.63) is 17.0 Å². The van der Waals surface area contributed by atoms with E-state index in [0.29, 0.717) is 29.0 Å². The first kappa shape index (κ1) is 18.3. The molecule has 1 saturated heterocycles. The van der Waals surface area contributed by atoms with E-state index in [9.17, 15) is 23.5 Å². The molecule has 2 atom stereocenters. The van der Waals surface area contributed by atoms with Gasteiger partial charge in [0.15, 0.2) is 0 Å². The summed E-state index contributed by atoms with van der Waals surface area (Å²) in [5, 5.41) is 15.5. The monoisotopic (exact) mass is 345 g/mol. The Balaban J connectivity index is 2.07. The van der Waals surface area contributed by atoms with Gasteiger partial charge >= 0.3 is 12.5 Å². The molecule has 1 amide bonds. The molecule has 1 aliphatic rings. The number of aliphatic carboxylic acids is 1. The van der Waals surface area contributed by atoms with Gasteiger partial charge in [-0.25, -0.2) is 9.48 Å². The molecule has 0 radical (unpaired) electrons. The summed E-state index contributed by atoms with van der Waals surface area (Å²) in [5.74, 6) is -1.96.